The van der Waals surface area contributed by atoms with E-state index < -0.39 is 0 Å². The zero-order valence-corrected chi connectivity index (χ0v) is 6.77. The lowest BCUT2D eigenvalue weighted by Crippen LogP contribution is -1.95. The highest BCUT2D eigenvalue weighted by Crippen LogP contribution is 1.99. The van der Waals surface area contributed by atoms with Crippen LogP contribution in [0.3, 0.4) is 0 Å². The van der Waals surface area contributed by atoms with Gasteiger partial charge in [0.1, 0.15) is 0 Å². The van der Waals surface area contributed by atoms with Gasteiger partial charge in [0, 0.05) is 0 Å². The van der Waals surface area contributed by atoms with E-state index in [2.05, 4.69) is 13.8 Å². The fourth-order valence-corrected chi connectivity index (χ4v) is 0.336. The van der Waals surface area contributed by atoms with E-state index in [0.717, 1.165) is 6.42 Å². The lowest BCUT2D eigenvalue weighted by molar-refractivity contribution is 0.176. The van der Waals surface area contributed by atoms with Gasteiger partial charge in [-0.2, -0.15) is 0 Å². The summed E-state index contributed by atoms with van der Waals surface area (Å²) < 4.78 is 5.23. The maximum absolute atomic E-state index is 5.23. The fourth-order valence-electron chi connectivity index (χ4n) is 0.336. The summed E-state index contributed by atoms with van der Waals surface area (Å²) in [4.78, 5) is 0. The molecule has 1 nitrogen and oxygen atoms in total. The Kier molecular flexibility index (Phi) is 4.20. The van der Waals surface area contributed by atoms with Crippen molar-refractivity contribution in [1.29, 1.82) is 0 Å². The van der Waals surface area contributed by atoms with E-state index in [1.165, 1.54) is 5.57 Å². The van der Waals surface area contributed by atoms with Gasteiger partial charge in [-0.25, -0.2) is 0 Å². The SMILES string of the molecule is CCC(C)=COC(C)C. The molecule has 0 N–H and O–H groups in total. The van der Waals surface area contributed by atoms with Crippen molar-refractivity contribution in [3.63, 3.8) is 0 Å². The average molecular weight is 128 g/mol. The van der Waals surface area contributed by atoms with Gasteiger partial charge in [0.15, 0.2) is 0 Å². The van der Waals surface area contributed by atoms with Crippen molar-refractivity contribution in [1.82, 2.24) is 0 Å². The molecule has 0 aromatic rings. The van der Waals surface area contributed by atoms with Gasteiger partial charge in [0.25, 0.3) is 0 Å². The molecule has 0 aliphatic rings. The second kappa shape index (κ2) is 4.42. The lowest BCUT2D eigenvalue weighted by Gasteiger charge is -2.04. The number of hydrogen-bond acceptors (Lipinski definition) is 1. The van der Waals surface area contributed by atoms with Crippen molar-refractivity contribution in [2.45, 2.75) is 40.2 Å². The minimum Gasteiger partial charge on any atom is -0.499 e. The summed E-state index contributed by atoms with van der Waals surface area (Å²) in [7, 11) is 0. The summed E-state index contributed by atoms with van der Waals surface area (Å²) in [5.41, 5.74) is 1.30. The van der Waals surface area contributed by atoms with Crippen molar-refractivity contribution in [2.24, 2.45) is 0 Å². The Morgan fingerprint density at radius 1 is 1.56 bits per heavy atom. The first-order valence-corrected chi connectivity index (χ1v) is 3.48. The smallest absolute Gasteiger partial charge is 0.0922 e. The van der Waals surface area contributed by atoms with Gasteiger partial charge in [0.2, 0.25) is 0 Å². The van der Waals surface area contributed by atoms with Gasteiger partial charge in [0.05, 0.1) is 12.4 Å². The summed E-state index contributed by atoms with van der Waals surface area (Å²) in [5.74, 6) is 0. The fraction of sp³-hybridized carbons (Fsp3) is 0.750. The Labute approximate surface area is 57.7 Å². The van der Waals surface area contributed by atoms with E-state index in [-0.39, 0.29) is 0 Å². The molecule has 0 atom stereocenters. The monoisotopic (exact) mass is 128 g/mol. The van der Waals surface area contributed by atoms with Gasteiger partial charge < -0.3 is 4.74 Å². The van der Waals surface area contributed by atoms with Crippen LogP contribution < -0.4 is 0 Å². The van der Waals surface area contributed by atoms with Crippen molar-refractivity contribution >= 4 is 0 Å². The summed E-state index contributed by atoms with van der Waals surface area (Å²) >= 11 is 0. The molecule has 0 fully saturated rings. The molecule has 0 saturated carbocycles. The average Bonchev–Trinajstić information content (AvgIpc) is 1.83. The molecule has 0 aromatic carbocycles. The second-order valence-electron chi connectivity index (χ2n) is 2.50. The molecule has 0 bridgehead atoms. The van der Waals surface area contributed by atoms with E-state index in [1.54, 1.807) is 0 Å². The van der Waals surface area contributed by atoms with Crippen LogP contribution in [0.15, 0.2) is 11.8 Å². The van der Waals surface area contributed by atoms with Crippen LogP contribution in [0.1, 0.15) is 34.1 Å². The molecule has 0 spiro atoms. The van der Waals surface area contributed by atoms with E-state index in [9.17, 15) is 0 Å². The van der Waals surface area contributed by atoms with Crippen LogP contribution in [-0.2, 0) is 4.74 Å². The molecule has 54 valence electrons. The summed E-state index contributed by atoms with van der Waals surface area (Å²) in [6.45, 7) is 8.25. The molecule has 0 saturated heterocycles. The molecule has 0 heterocycles. The van der Waals surface area contributed by atoms with Gasteiger partial charge >= 0.3 is 0 Å². The van der Waals surface area contributed by atoms with E-state index in [1.807, 2.05) is 20.1 Å². The molecule has 0 aliphatic heterocycles. The molecular weight excluding hydrogens is 112 g/mol. The van der Waals surface area contributed by atoms with Gasteiger partial charge in [-0.3, -0.25) is 0 Å². The molecular formula is C8H16O. The topological polar surface area (TPSA) is 9.23 Å². The maximum Gasteiger partial charge on any atom is 0.0922 e. The Balaban J connectivity index is 3.43. The first-order valence-electron chi connectivity index (χ1n) is 3.48. The largest absolute Gasteiger partial charge is 0.499 e. The zero-order valence-electron chi connectivity index (χ0n) is 6.77. The lowest BCUT2D eigenvalue weighted by atomic mass is 10.3. The third-order valence-electron chi connectivity index (χ3n) is 1.10. The van der Waals surface area contributed by atoms with Gasteiger partial charge in [-0.05, 0) is 32.8 Å². The van der Waals surface area contributed by atoms with Gasteiger partial charge in [-0.1, -0.05) is 6.92 Å². The van der Waals surface area contributed by atoms with Crippen LogP contribution in [-0.4, -0.2) is 6.10 Å². The second-order valence-corrected chi connectivity index (χ2v) is 2.50. The predicted molar refractivity (Wildman–Crippen MR) is 40.3 cm³/mol. The summed E-state index contributed by atoms with van der Waals surface area (Å²) in [6, 6.07) is 0. The highest BCUT2D eigenvalue weighted by atomic mass is 16.5. The van der Waals surface area contributed by atoms with Crippen molar-refractivity contribution in [3.05, 3.63) is 11.8 Å². The molecule has 0 amide bonds. The molecule has 0 aromatic heterocycles. The maximum atomic E-state index is 5.23. The summed E-state index contributed by atoms with van der Waals surface area (Å²) in [6.07, 6.45) is 3.23. The third-order valence-corrected chi connectivity index (χ3v) is 1.10. The number of hydrogen-bond donors (Lipinski definition) is 0. The highest BCUT2D eigenvalue weighted by Gasteiger charge is 1.87. The summed E-state index contributed by atoms with van der Waals surface area (Å²) in [5, 5.41) is 0. The van der Waals surface area contributed by atoms with E-state index in [4.69, 9.17) is 4.74 Å². The van der Waals surface area contributed by atoms with Crippen molar-refractivity contribution in [3.8, 4) is 0 Å². The third kappa shape index (κ3) is 5.41. The zero-order chi connectivity index (χ0) is 7.28. The van der Waals surface area contributed by atoms with Crippen molar-refractivity contribution in [2.75, 3.05) is 0 Å². The van der Waals surface area contributed by atoms with Crippen LogP contribution in [0.5, 0.6) is 0 Å². The first-order chi connectivity index (χ1) is 4.16. The minimum atomic E-state index is 0.312. The number of ether oxygens (including phenoxy) is 1. The van der Waals surface area contributed by atoms with Crippen LogP contribution >= 0.6 is 0 Å². The highest BCUT2D eigenvalue weighted by molar-refractivity contribution is 4.91. The van der Waals surface area contributed by atoms with E-state index in [0.29, 0.717) is 6.10 Å². The Morgan fingerprint density at radius 2 is 2.11 bits per heavy atom. The predicted octanol–water partition coefficient (Wildman–Crippen LogP) is 2.73. The quantitative estimate of drug-likeness (QED) is 0.531. The molecule has 9 heavy (non-hydrogen) atoms. The first kappa shape index (κ1) is 8.54. The Hall–Kier alpha value is -0.460. The van der Waals surface area contributed by atoms with Crippen LogP contribution in [0.2, 0.25) is 0 Å². The van der Waals surface area contributed by atoms with E-state index >= 15 is 0 Å². The normalized spacial score (nSPS) is 12.3. The molecule has 0 radical (unpaired) electrons. The number of allylic oxidation sites excluding steroid dienone is 1. The molecule has 0 aliphatic carbocycles. The standard InChI is InChI=1S/C8H16O/c1-5-8(4)6-9-7(2)3/h6-7H,5H2,1-4H3. The molecule has 0 rings (SSSR count). The molecule has 1 heteroatoms. The van der Waals surface area contributed by atoms with Crippen LogP contribution in [0, 0.1) is 0 Å². The Bertz CT molecular complexity index is 92.7. The Morgan fingerprint density at radius 3 is 2.44 bits per heavy atom. The number of rotatable bonds is 3. The van der Waals surface area contributed by atoms with Crippen molar-refractivity contribution < 1.29 is 4.74 Å². The van der Waals surface area contributed by atoms with Gasteiger partial charge in [-0.15, -0.1) is 0 Å². The van der Waals surface area contributed by atoms with Crippen LogP contribution in [0.25, 0.3) is 0 Å². The molecule has 0 unspecified atom stereocenters. The minimum absolute atomic E-state index is 0.312. The van der Waals surface area contributed by atoms with Crippen LogP contribution in [0.4, 0.5) is 0 Å².